The van der Waals surface area contributed by atoms with Crippen molar-refractivity contribution in [2.45, 2.75) is 19.8 Å². The lowest BCUT2D eigenvalue weighted by Crippen LogP contribution is -1.97. The van der Waals surface area contributed by atoms with Gasteiger partial charge in [0.25, 0.3) is 0 Å². The second-order valence-corrected chi connectivity index (χ2v) is 3.41. The average Bonchev–Trinajstić information content (AvgIpc) is 2.18. The van der Waals surface area contributed by atoms with Crippen LogP contribution in [0.5, 0.6) is 5.75 Å². The molecule has 0 aliphatic rings. The molecular formula is C11H14ClFO. The van der Waals surface area contributed by atoms with E-state index in [0.717, 1.165) is 11.3 Å². The summed E-state index contributed by atoms with van der Waals surface area (Å²) in [5.41, 5.74) is 0.983. The molecule has 1 aromatic carbocycles. The molecule has 0 heterocycles. The summed E-state index contributed by atoms with van der Waals surface area (Å²) in [4.78, 5) is 0. The maximum atomic E-state index is 12.0. The van der Waals surface area contributed by atoms with Crippen LogP contribution in [-0.2, 0) is 6.42 Å². The largest absolute Gasteiger partial charge is 0.494 e. The highest BCUT2D eigenvalue weighted by Gasteiger charge is 2.03. The molecule has 0 aliphatic heterocycles. The molecule has 0 saturated carbocycles. The first kappa shape index (κ1) is 11.3. The summed E-state index contributed by atoms with van der Waals surface area (Å²) in [6.45, 7) is 2.23. The maximum absolute atomic E-state index is 12.0. The number of hydrogen-bond acceptors (Lipinski definition) is 1. The summed E-state index contributed by atoms with van der Waals surface area (Å²) in [7, 11) is 0. The molecular weight excluding hydrogens is 203 g/mol. The van der Waals surface area contributed by atoms with Crippen LogP contribution < -0.4 is 4.74 Å². The van der Waals surface area contributed by atoms with E-state index in [9.17, 15) is 4.39 Å². The van der Waals surface area contributed by atoms with Crippen molar-refractivity contribution < 1.29 is 9.13 Å². The molecule has 0 bridgehead atoms. The van der Waals surface area contributed by atoms with Gasteiger partial charge in [-0.2, -0.15) is 0 Å². The van der Waals surface area contributed by atoms with Crippen LogP contribution in [0.4, 0.5) is 4.39 Å². The smallest absolute Gasteiger partial charge is 0.122 e. The van der Waals surface area contributed by atoms with Crippen molar-refractivity contribution >= 4 is 11.6 Å². The minimum absolute atomic E-state index is 0.307. The number of halogens is 2. The predicted molar refractivity (Wildman–Crippen MR) is 56.9 cm³/mol. The predicted octanol–water partition coefficient (Wildman–Crippen LogP) is 3.64. The summed E-state index contributed by atoms with van der Waals surface area (Å²) in [5, 5.41) is 0.669. The third-order valence-corrected chi connectivity index (χ3v) is 2.14. The molecule has 0 fully saturated rings. The van der Waals surface area contributed by atoms with Gasteiger partial charge in [0.05, 0.1) is 13.3 Å². The summed E-state index contributed by atoms with van der Waals surface area (Å²) in [5.74, 6) is 0.811. The van der Waals surface area contributed by atoms with Crippen molar-refractivity contribution in [3.8, 4) is 5.75 Å². The molecule has 0 spiro atoms. The SMILES string of the molecule is CCOc1ccc(Cl)cc1CCCF. The number of aryl methyl sites for hydroxylation is 1. The molecule has 0 aliphatic carbocycles. The molecule has 14 heavy (non-hydrogen) atoms. The van der Waals surface area contributed by atoms with E-state index < -0.39 is 0 Å². The quantitative estimate of drug-likeness (QED) is 0.730. The number of rotatable bonds is 5. The second kappa shape index (κ2) is 5.86. The topological polar surface area (TPSA) is 9.23 Å². The van der Waals surface area contributed by atoms with E-state index in [2.05, 4.69) is 0 Å². The van der Waals surface area contributed by atoms with E-state index >= 15 is 0 Å². The Kier molecular flexibility index (Phi) is 4.74. The Hall–Kier alpha value is -0.760. The van der Waals surface area contributed by atoms with E-state index in [1.54, 1.807) is 6.07 Å². The zero-order valence-electron chi connectivity index (χ0n) is 8.22. The second-order valence-electron chi connectivity index (χ2n) is 2.98. The van der Waals surface area contributed by atoms with Gasteiger partial charge in [-0.05, 0) is 43.5 Å². The average molecular weight is 217 g/mol. The van der Waals surface area contributed by atoms with E-state index in [0.29, 0.717) is 24.5 Å². The van der Waals surface area contributed by atoms with Crippen LogP contribution >= 0.6 is 11.6 Å². The Morgan fingerprint density at radius 3 is 2.86 bits per heavy atom. The zero-order chi connectivity index (χ0) is 10.4. The molecule has 0 unspecified atom stereocenters. The van der Waals surface area contributed by atoms with Crippen molar-refractivity contribution in [2.75, 3.05) is 13.3 Å². The van der Waals surface area contributed by atoms with Gasteiger partial charge in [0.2, 0.25) is 0 Å². The first-order chi connectivity index (χ1) is 6.77. The van der Waals surface area contributed by atoms with E-state index in [1.165, 1.54) is 0 Å². The molecule has 0 N–H and O–H groups in total. The Morgan fingerprint density at radius 1 is 1.43 bits per heavy atom. The van der Waals surface area contributed by atoms with Crippen molar-refractivity contribution in [3.63, 3.8) is 0 Å². The van der Waals surface area contributed by atoms with Crippen LogP contribution in [0.3, 0.4) is 0 Å². The molecule has 0 saturated heterocycles. The lowest BCUT2D eigenvalue weighted by Gasteiger charge is -2.09. The van der Waals surface area contributed by atoms with Crippen molar-refractivity contribution in [3.05, 3.63) is 28.8 Å². The lowest BCUT2D eigenvalue weighted by atomic mass is 10.1. The van der Waals surface area contributed by atoms with Gasteiger partial charge in [-0.3, -0.25) is 4.39 Å². The first-order valence-corrected chi connectivity index (χ1v) is 5.13. The highest BCUT2D eigenvalue weighted by Crippen LogP contribution is 2.24. The summed E-state index contributed by atoms with van der Waals surface area (Å²) in [6, 6.07) is 5.45. The third-order valence-electron chi connectivity index (χ3n) is 1.90. The van der Waals surface area contributed by atoms with Crippen LogP contribution in [-0.4, -0.2) is 13.3 Å². The van der Waals surface area contributed by atoms with Crippen molar-refractivity contribution in [2.24, 2.45) is 0 Å². The maximum Gasteiger partial charge on any atom is 0.122 e. The van der Waals surface area contributed by atoms with Crippen molar-refractivity contribution in [1.82, 2.24) is 0 Å². The van der Waals surface area contributed by atoms with Gasteiger partial charge in [-0.25, -0.2) is 0 Å². The standard InChI is InChI=1S/C11H14ClFO/c1-2-14-11-6-5-10(12)8-9(11)4-3-7-13/h5-6,8H,2-4,7H2,1H3. The fourth-order valence-corrected chi connectivity index (χ4v) is 1.49. The molecule has 0 amide bonds. The number of ether oxygens (including phenoxy) is 1. The minimum atomic E-state index is -0.307. The lowest BCUT2D eigenvalue weighted by molar-refractivity contribution is 0.335. The number of alkyl halides is 1. The van der Waals surface area contributed by atoms with Crippen LogP contribution in [0.2, 0.25) is 5.02 Å². The van der Waals surface area contributed by atoms with Gasteiger partial charge in [-0.15, -0.1) is 0 Å². The van der Waals surface area contributed by atoms with Gasteiger partial charge in [0, 0.05) is 5.02 Å². The molecule has 3 heteroatoms. The molecule has 1 nitrogen and oxygen atoms in total. The highest BCUT2D eigenvalue weighted by atomic mass is 35.5. The summed E-state index contributed by atoms with van der Waals surface area (Å²) >= 11 is 5.85. The zero-order valence-corrected chi connectivity index (χ0v) is 8.98. The van der Waals surface area contributed by atoms with Crippen LogP contribution in [0.1, 0.15) is 18.9 Å². The fraction of sp³-hybridized carbons (Fsp3) is 0.455. The Bertz CT molecular complexity index is 289. The highest BCUT2D eigenvalue weighted by molar-refractivity contribution is 6.30. The fourth-order valence-electron chi connectivity index (χ4n) is 1.30. The van der Waals surface area contributed by atoms with E-state index in [1.807, 2.05) is 19.1 Å². The van der Waals surface area contributed by atoms with Crippen LogP contribution in [0.15, 0.2) is 18.2 Å². The van der Waals surface area contributed by atoms with Gasteiger partial charge in [0.15, 0.2) is 0 Å². The van der Waals surface area contributed by atoms with Gasteiger partial charge in [-0.1, -0.05) is 11.6 Å². The van der Waals surface area contributed by atoms with Gasteiger partial charge < -0.3 is 4.74 Å². The molecule has 78 valence electrons. The van der Waals surface area contributed by atoms with Crippen molar-refractivity contribution in [1.29, 1.82) is 0 Å². The van der Waals surface area contributed by atoms with Gasteiger partial charge >= 0.3 is 0 Å². The van der Waals surface area contributed by atoms with Crippen LogP contribution in [0, 0.1) is 0 Å². The first-order valence-electron chi connectivity index (χ1n) is 4.75. The molecule has 0 aromatic heterocycles. The molecule has 0 atom stereocenters. The van der Waals surface area contributed by atoms with Crippen LogP contribution in [0.25, 0.3) is 0 Å². The van der Waals surface area contributed by atoms with Gasteiger partial charge in [0.1, 0.15) is 5.75 Å². The minimum Gasteiger partial charge on any atom is -0.494 e. The molecule has 0 radical (unpaired) electrons. The molecule has 1 aromatic rings. The van der Waals surface area contributed by atoms with E-state index in [-0.39, 0.29) is 6.67 Å². The number of hydrogen-bond donors (Lipinski definition) is 0. The Balaban J connectivity index is 2.79. The number of benzene rings is 1. The summed E-state index contributed by atoms with van der Waals surface area (Å²) < 4.78 is 17.4. The Labute approximate surface area is 88.8 Å². The monoisotopic (exact) mass is 216 g/mol. The molecule has 1 rings (SSSR count). The van der Waals surface area contributed by atoms with E-state index in [4.69, 9.17) is 16.3 Å². The summed E-state index contributed by atoms with van der Waals surface area (Å²) in [6.07, 6.45) is 1.19. The third kappa shape index (κ3) is 3.18. The normalized spacial score (nSPS) is 10.2. The Morgan fingerprint density at radius 2 is 2.21 bits per heavy atom.